The highest BCUT2D eigenvalue weighted by Gasteiger charge is 2.27. The van der Waals surface area contributed by atoms with Gasteiger partial charge in [-0.1, -0.05) is 19.9 Å². The molecule has 0 atom stereocenters. The molecule has 0 aliphatic carbocycles. The van der Waals surface area contributed by atoms with Crippen molar-refractivity contribution in [1.29, 1.82) is 0 Å². The molecule has 2 aromatic carbocycles. The van der Waals surface area contributed by atoms with Gasteiger partial charge in [-0.05, 0) is 60.2 Å². The summed E-state index contributed by atoms with van der Waals surface area (Å²) in [5.74, 6) is 0.338. The summed E-state index contributed by atoms with van der Waals surface area (Å²) in [6.07, 6.45) is 0. The van der Waals surface area contributed by atoms with Gasteiger partial charge in [-0.2, -0.15) is 8.99 Å². The Balaban J connectivity index is 1.95. The number of amides is 1. The van der Waals surface area contributed by atoms with E-state index in [0.717, 1.165) is 11.3 Å². The number of carbonyl (C=O) groups is 1. The molecule has 1 amide bonds. The molecule has 1 aromatic heterocycles. The minimum atomic E-state index is -3.82. The number of nitrogens with one attached hydrogen (secondary N) is 1. The summed E-state index contributed by atoms with van der Waals surface area (Å²) in [4.78, 5) is 12.9. The number of aromatic nitrogens is 4. The van der Waals surface area contributed by atoms with Crippen LogP contribution in [0.25, 0.3) is 5.69 Å². The van der Waals surface area contributed by atoms with Gasteiger partial charge in [0.1, 0.15) is 10.6 Å². The number of methoxy groups -OCH3 is 1. The van der Waals surface area contributed by atoms with Crippen LogP contribution in [0.2, 0.25) is 0 Å². The van der Waals surface area contributed by atoms with Crippen molar-refractivity contribution >= 4 is 21.6 Å². The zero-order valence-corrected chi connectivity index (χ0v) is 19.5. The van der Waals surface area contributed by atoms with Gasteiger partial charge in [0.15, 0.2) is 5.82 Å². The highest BCUT2D eigenvalue weighted by atomic mass is 32.2. The molecule has 32 heavy (non-hydrogen) atoms. The van der Waals surface area contributed by atoms with Crippen molar-refractivity contribution < 1.29 is 17.9 Å². The first-order chi connectivity index (χ1) is 15.2. The molecule has 0 saturated carbocycles. The molecule has 0 fully saturated rings. The fraction of sp³-hybridized carbons (Fsp3) is 0.333. The number of benzene rings is 2. The van der Waals surface area contributed by atoms with Crippen molar-refractivity contribution in [3.63, 3.8) is 0 Å². The zero-order chi connectivity index (χ0) is 23.5. The Bertz CT molecular complexity index is 1230. The van der Waals surface area contributed by atoms with E-state index >= 15 is 0 Å². The molecule has 1 N–H and O–H groups in total. The largest absolute Gasteiger partial charge is 0.495 e. The molecule has 3 rings (SSSR count). The van der Waals surface area contributed by atoms with Crippen LogP contribution in [-0.2, 0) is 10.0 Å². The Morgan fingerprint density at radius 3 is 2.44 bits per heavy atom. The third kappa shape index (κ3) is 4.48. The number of sulfonamides is 1. The van der Waals surface area contributed by atoms with E-state index in [-0.39, 0.29) is 16.2 Å². The molecule has 0 unspecified atom stereocenters. The Morgan fingerprint density at radius 2 is 1.84 bits per heavy atom. The van der Waals surface area contributed by atoms with Crippen LogP contribution < -0.4 is 10.1 Å². The first kappa shape index (κ1) is 23.4. The summed E-state index contributed by atoms with van der Waals surface area (Å²) in [5, 5.41) is 14.3. The predicted molar refractivity (Wildman–Crippen MR) is 120 cm³/mol. The van der Waals surface area contributed by atoms with Crippen LogP contribution in [0.4, 0.5) is 5.69 Å². The van der Waals surface area contributed by atoms with E-state index < -0.39 is 15.9 Å². The van der Waals surface area contributed by atoms with E-state index in [0.29, 0.717) is 24.6 Å². The van der Waals surface area contributed by atoms with Crippen LogP contribution in [0, 0.1) is 13.8 Å². The third-order valence-electron chi connectivity index (χ3n) is 5.07. The molecule has 1 heterocycles. The number of rotatable bonds is 8. The molecule has 0 spiro atoms. The quantitative estimate of drug-likeness (QED) is 0.551. The lowest BCUT2D eigenvalue weighted by Crippen LogP contribution is -2.31. The van der Waals surface area contributed by atoms with Crippen molar-refractivity contribution in [2.75, 3.05) is 25.5 Å². The summed E-state index contributed by atoms with van der Waals surface area (Å²) in [5.41, 5.74) is 2.37. The van der Waals surface area contributed by atoms with Crippen LogP contribution >= 0.6 is 0 Å². The molecule has 0 saturated heterocycles. The van der Waals surface area contributed by atoms with Crippen LogP contribution in [0.5, 0.6) is 5.75 Å². The lowest BCUT2D eigenvalue weighted by Gasteiger charge is -2.20. The van der Waals surface area contributed by atoms with E-state index in [2.05, 4.69) is 20.8 Å². The third-order valence-corrected chi connectivity index (χ3v) is 7.14. The number of carbonyl (C=O) groups excluding carboxylic acids is 1. The van der Waals surface area contributed by atoms with E-state index in [1.165, 1.54) is 29.6 Å². The second-order valence-electron chi connectivity index (χ2n) is 7.05. The van der Waals surface area contributed by atoms with Crippen LogP contribution in [0.15, 0.2) is 41.3 Å². The Labute approximate surface area is 187 Å². The number of aryl methyl sites for hydroxylation is 2. The van der Waals surface area contributed by atoms with E-state index in [1.54, 1.807) is 37.6 Å². The summed E-state index contributed by atoms with van der Waals surface area (Å²) >= 11 is 0. The van der Waals surface area contributed by atoms with Crippen molar-refractivity contribution in [3.8, 4) is 11.4 Å². The monoisotopic (exact) mass is 458 g/mol. The highest BCUT2D eigenvalue weighted by molar-refractivity contribution is 7.89. The van der Waals surface area contributed by atoms with Gasteiger partial charge in [-0.3, -0.25) is 4.79 Å². The van der Waals surface area contributed by atoms with Gasteiger partial charge in [-0.25, -0.2) is 8.42 Å². The highest BCUT2D eigenvalue weighted by Crippen LogP contribution is 2.28. The maximum Gasteiger partial charge on any atom is 0.255 e. The fourth-order valence-corrected chi connectivity index (χ4v) is 4.93. The maximum absolute atomic E-state index is 13.0. The second-order valence-corrected chi connectivity index (χ2v) is 8.95. The van der Waals surface area contributed by atoms with Gasteiger partial charge in [-0.15, -0.1) is 5.10 Å². The lowest BCUT2D eigenvalue weighted by molar-refractivity contribution is 0.102. The van der Waals surface area contributed by atoms with Crippen molar-refractivity contribution in [3.05, 3.63) is 53.3 Å². The maximum atomic E-state index is 13.0. The molecule has 3 aromatic rings. The normalized spacial score (nSPS) is 11.6. The number of hydrogen-bond donors (Lipinski definition) is 1. The van der Waals surface area contributed by atoms with Crippen molar-refractivity contribution in [2.45, 2.75) is 32.6 Å². The standard InChI is InChI=1S/C21H26N6O4S/c1-6-26(7-2)32(29,30)20-12-16(9-11-19(20)31-5)21(28)22-17-10-8-14(3)18(13-17)27-15(4)23-24-25-27/h8-13H,6-7H2,1-5H3,(H,22,28). The van der Waals surface area contributed by atoms with Gasteiger partial charge in [0.05, 0.1) is 12.8 Å². The SMILES string of the molecule is CCN(CC)S(=O)(=O)c1cc(C(=O)Nc2ccc(C)c(-n3nnnc3C)c2)ccc1OC. The Hall–Kier alpha value is -3.31. The van der Waals surface area contributed by atoms with Gasteiger partial charge in [0, 0.05) is 24.3 Å². The molecular weight excluding hydrogens is 432 g/mol. The first-order valence-electron chi connectivity index (χ1n) is 10.1. The summed E-state index contributed by atoms with van der Waals surface area (Å²) in [6, 6.07) is 9.70. The molecule has 11 heteroatoms. The second kappa shape index (κ2) is 9.45. The summed E-state index contributed by atoms with van der Waals surface area (Å²) in [7, 11) is -2.42. The van der Waals surface area contributed by atoms with Crippen LogP contribution in [0.1, 0.15) is 35.6 Å². The van der Waals surface area contributed by atoms with Crippen molar-refractivity contribution in [2.24, 2.45) is 0 Å². The average molecular weight is 459 g/mol. The topological polar surface area (TPSA) is 119 Å². The predicted octanol–water partition coefficient (Wildman–Crippen LogP) is 2.57. The smallest absolute Gasteiger partial charge is 0.255 e. The minimum absolute atomic E-state index is 0.0507. The van der Waals surface area contributed by atoms with E-state index in [9.17, 15) is 13.2 Å². The number of hydrogen-bond acceptors (Lipinski definition) is 7. The Morgan fingerprint density at radius 1 is 1.12 bits per heavy atom. The number of ether oxygens (including phenoxy) is 1. The Kier molecular flexibility index (Phi) is 6.90. The van der Waals surface area contributed by atoms with Crippen LogP contribution in [0.3, 0.4) is 0 Å². The molecule has 10 nitrogen and oxygen atoms in total. The lowest BCUT2D eigenvalue weighted by atomic mass is 10.1. The molecule has 0 aliphatic rings. The minimum Gasteiger partial charge on any atom is -0.495 e. The van der Waals surface area contributed by atoms with E-state index in [1.807, 2.05) is 13.0 Å². The van der Waals surface area contributed by atoms with Gasteiger partial charge in [0.25, 0.3) is 5.91 Å². The van der Waals surface area contributed by atoms with Crippen LogP contribution in [-0.4, -0.2) is 59.0 Å². The molecular formula is C21H26N6O4S. The fourth-order valence-electron chi connectivity index (χ4n) is 3.30. The summed E-state index contributed by atoms with van der Waals surface area (Å²) < 4.78 is 34.2. The zero-order valence-electron chi connectivity index (χ0n) is 18.7. The average Bonchev–Trinajstić information content (AvgIpc) is 3.20. The number of nitrogens with zero attached hydrogens (tertiary/aromatic N) is 5. The van der Waals surface area contributed by atoms with E-state index in [4.69, 9.17) is 4.74 Å². The first-order valence-corrected chi connectivity index (χ1v) is 11.5. The number of tetrazole rings is 1. The van der Waals surface area contributed by atoms with Crippen molar-refractivity contribution in [1.82, 2.24) is 24.5 Å². The number of anilines is 1. The van der Waals surface area contributed by atoms with Gasteiger partial charge < -0.3 is 10.1 Å². The molecule has 0 radical (unpaired) electrons. The molecule has 170 valence electrons. The molecule has 0 aliphatic heterocycles. The van der Waals surface area contributed by atoms with Gasteiger partial charge in [0.2, 0.25) is 10.0 Å². The summed E-state index contributed by atoms with van der Waals surface area (Å²) in [6.45, 7) is 7.81. The molecule has 0 bridgehead atoms. The van der Waals surface area contributed by atoms with Gasteiger partial charge >= 0.3 is 0 Å².